The number of nitrogens with one attached hydrogen (secondary N) is 1. The Bertz CT molecular complexity index is 683. The summed E-state index contributed by atoms with van der Waals surface area (Å²) in [7, 11) is 0. The monoisotopic (exact) mass is 283 g/mol. The number of aromatic nitrogens is 3. The fourth-order valence-corrected chi connectivity index (χ4v) is 1.66. The molecular weight excluding hydrogens is 270 g/mol. The van der Waals surface area contributed by atoms with Crippen LogP contribution in [-0.4, -0.2) is 32.2 Å². The van der Waals surface area contributed by atoms with Crippen molar-refractivity contribution in [2.24, 2.45) is 11.0 Å². The third kappa shape index (κ3) is 3.19. The van der Waals surface area contributed by atoms with E-state index in [1.165, 1.54) is 6.20 Å². The maximum Gasteiger partial charge on any atom is 0.278 e. The highest BCUT2D eigenvalue weighted by Gasteiger charge is 2.19. The van der Waals surface area contributed by atoms with E-state index < -0.39 is 11.8 Å². The molecule has 1 aliphatic carbocycles. The number of aromatic hydroxyl groups is 1. The lowest BCUT2D eigenvalue weighted by atomic mass is 10.3. The third-order valence-electron chi connectivity index (χ3n) is 2.98. The third-order valence-corrected chi connectivity index (χ3v) is 2.98. The maximum absolute atomic E-state index is 11.8. The number of hydrogen-bond acceptors (Lipinski definition) is 6. The van der Waals surface area contributed by atoms with Gasteiger partial charge in [0.15, 0.2) is 5.82 Å². The van der Waals surface area contributed by atoms with E-state index >= 15 is 0 Å². The first-order chi connectivity index (χ1) is 10.2. The summed E-state index contributed by atoms with van der Waals surface area (Å²) in [4.78, 5) is 23.8. The number of hydrazone groups is 1. The van der Waals surface area contributed by atoms with Gasteiger partial charge in [-0.15, -0.1) is 0 Å². The van der Waals surface area contributed by atoms with Gasteiger partial charge in [-0.2, -0.15) is 10.1 Å². The van der Waals surface area contributed by atoms with Crippen molar-refractivity contribution in [2.45, 2.75) is 12.8 Å². The normalized spacial score (nSPS) is 14.3. The van der Waals surface area contributed by atoms with Crippen molar-refractivity contribution in [3.63, 3.8) is 0 Å². The Balaban J connectivity index is 1.76. The molecule has 7 nitrogen and oxygen atoms in total. The van der Waals surface area contributed by atoms with Crippen LogP contribution >= 0.6 is 0 Å². The van der Waals surface area contributed by atoms with Crippen molar-refractivity contribution >= 4 is 12.1 Å². The van der Waals surface area contributed by atoms with Crippen LogP contribution in [-0.2, 0) is 0 Å². The fourth-order valence-electron chi connectivity index (χ4n) is 1.66. The van der Waals surface area contributed by atoms with Crippen LogP contribution in [0.25, 0.3) is 11.5 Å². The molecule has 0 spiro atoms. The summed E-state index contributed by atoms with van der Waals surface area (Å²) in [5.41, 5.74) is 2.84. The molecule has 1 amide bonds. The molecule has 7 heteroatoms. The van der Waals surface area contributed by atoms with E-state index in [9.17, 15) is 9.90 Å². The largest absolute Gasteiger partial charge is 0.493 e. The Labute approximate surface area is 120 Å². The summed E-state index contributed by atoms with van der Waals surface area (Å²) < 4.78 is 0. The summed E-state index contributed by atoms with van der Waals surface area (Å²) in [6, 6.07) is 5.27. The molecule has 0 saturated heterocycles. The molecule has 0 unspecified atom stereocenters. The van der Waals surface area contributed by atoms with Gasteiger partial charge < -0.3 is 5.11 Å². The van der Waals surface area contributed by atoms with Gasteiger partial charge in [-0.3, -0.25) is 9.78 Å². The highest BCUT2D eigenvalue weighted by atomic mass is 16.3. The fraction of sp³-hybridized carbons (Fsp3) is 0.214. The summed E-state index contributed by atoms with van der Waals surface area (Å²) in [5, 5.41) is 13.7. The minimum atomic E-state index is -0.544. The zero-order valence-electron chi connectivity index (χ0n) is 11.1. The number of nitrogens with zero attached hydrogens (tertiary/aromatic N) is 4. The van der Waals surface area contributed by atoms with Crippen molar-refractivity contribution in [1.82, 2.24) is 20.4 Å². The second-order valence-electron chi connectivity index (χ2n) is 4.70. The minimum Gasteiger partial charge on any atom is -0.493 e. The van der Waals surface area contributed by atoms with Gasteiger partial charge in [0.05, 0.1) is 0 Å². The molecule has 0 aromatic carbocycles. The molecule has 2 aromatic heterocycles. The lowest BCUT2D eigenvalue weighted by molar-refractivity contribution is 0.0951. The molecule has 0 aliphatic heterocycles. The van der Waals surface area contributed by atoms with E-state index in [2.05, 4.69) is 25.5 Å². The summed E-state index contributed by atoms with van der Waals surface area (Å²) in [5.74, 6) is -0.227. The summed E-state index contributed by atoms with van der Waals surface area (Å²) >= 11 is 0. The quantitative estimate of drug-likeness (QED) is 0.652. The van der Waals surface area contributed by atoms with E-state index in [1.807, 2.05) is 0 Å². The predicted octanol–water partition coefficient (Wildman–Crippen LogP) is 1.37. The van der Waals surface area contributed by atoms with Crippen LogP contribution in [0.4, 0.5) is 0 Å². The number of pyridine rings is 1. The van der Waals surface area contributed by atoms with Crippen molar-refractivity contribution in [3.05, 3.63) is 36.2 Å². The van der Waals surface area contributed by atoms with Crippen molar-refractivity contribution < 1.29 is 9.90 Å². The van der Waals surface area contributed by atoms with Crippen molar-refractivity contribution in [1.29, 1.82) is 0 Å². The van der Waals surface area contributed by atoms with Crippen LogP contribution in [0.2, 0.25) is 0 Å². The van der Waals surface area contributed by atoms with E-state index in [0.717, 1.165) is 12.8 Å². The molecule has 1 fully saturated rings. The van der Waals surface area contributed by atoms with Gasteiger partial charge >= 0.3 is 0 Å². The highest BCUT2D eigenvalue weighted by Crippen LogP contribution is 2.26. The molecule has 2 N–H and O–H groups in total. The Kier molecular flexibility index (Phi) is 3.55. The smallest absolute Gasteiger partial charge is 0.278 e. The molecule has 0 atom stereocenters. The number of carbonyl (C=O) groups is 1. The second kappa shape index (κ2) is 5.66. The first-order valence-electron chi connectivity index (χ1n) is 6.55. The van der Waals surface area contributed by atoms with Crippen molar-refractivity contribution in [3.8, 4) is 17.4 Å². The van der Waals surface area contributed by atoms with E-state index in [1.54, 1.807) is 30.6 Å². The number of amides is 1. The van der Waals surface area contributed by atoms with Crippen LogP contribution in [0.1, 0.15) is 23.2 Å². The minimum absolute atomic E-state index is 0.0253. The standard InChI is InChI=1S/C14H13N5O2/c20-13-10(14(21)19-17-7-9-4-5-9)8-16-12(18-13)11-3-1-2-6-15-11/h1-3,6-9H,4-5H2,(H,19,21)(H,16,18,20)/b17-7+. The molecule has 21 heavy (non-hydrogen) atoms. The van der Waals surface area contributed by atoms with Gasteiger partial charge in [0.2, 0.25) is 5.88 Å². The van der Waals surface area contributed by atoms with Crippen LogP contribution in [0.3, 0.4) is 0 Å². The molecule has 3 rings (SSSR count). The zero-order chi connectivity index (χ0) is 14.7. The Morgan fingerprint density at radius 3 is 2.90 bits per heavy atom. The summed E-state index contributed by atoms with van der Waals surface area (Å²) in [6.07, 6.45) is 6.76. The molecule has 106 valence electrons. The van der Waals surface area contributed by atoms with Gasteiger partial charge in [0.25, 0.3) is 5.91 Å². The zero-order valence-corrected chi connectivity index (χ0v) is 11.1. The Hall–Kier alpha value is -2.83. The first-order valence-corrected chi connectivity index (χ1v) is 6.55. The second-order valence-corrected chi connectivity index (χ2v) is 4.70. The molecular formula is C14H13N5O2. The first kappa shape index (κ1) is 13.2. The van der Waals surface area contributed by atoms with Gasteiger partial charge in [-0.1, -0.05) is 6.07 Å². The van der Waals surface area contributed by atoms with Gasteiger partial charge in [-0.25, -0.2) is 10.4 Å². The lowest BCUT2D eigenvalue weighted by Crippen LogP contribution is -2.18. The van der Waals surface area contributed by atoms with Crippen LogP contribution < -0.4 is 5.43 Å². The number of carbonyl (C=O) groups excluding carboxylic acids is 1. The van der Waals surface area contributed by atoms with Crippen LogP contribution in [0.5, 0.6) is 5.88 Å². The highest BCUT2D eigenvalue weighted by molar-refractivity contribution is 5.96. The van der Waals surface area contributed by atoms with Gasteiger partial charge in [0, 0.05) is 18.6 Å². The Morgan fingerprint density at radius 2 is 2.24 bits per heavy atom. The van der Waals surface area contributed by atoms with Crippen LogP contribution in [0.15, 0.2) is 35.7 Å². The topological polar surface area (TPSA) is 100 Å². The van der Waals surface area contributed by atoms with Gasteiger partial charge in [-0.05, 0) is 30.9 Å². The average Bonchev–Trinajstić information content (AvgIpc) is 3.32. The molecule has 2 heterocycles. The van der Waals surface area contributed by atoms with E-state index in [-0.39, 0.29) is 11.4 Å². The van der Waals surface area contributed by atoms with Crippen molar-refractivity contribution in [2.75, 3.05) is 0 Å². The summed E-state index contributed by atoms with van der Waals surface area (Å²) in [6.45, 7) is 0. The van der Waals surface area contributed by atoms with Crippen LogP contribution in [0, 0.1) is 5.92 Å². The average molecular weight is 283 g/mol. The van der Waals surface area contributed by atoms with E-state index in [4.69, 9.17) is 0 Å². The molecule has 1 saturated carbocycles. The number of hydrogen-bond donors (Lipinski definition) is 2. The SMILES string of the molecule is O=C(N/N=C/C1CC1)c1cnc(-c2ccccn2)nc1O. The maximum atomic E-state index is 11.8. The molecule has 2 aromatic rings. The number of rotatable bonds is 4. The predicted molar refractivity (Wildman–Crippen MR) is 75.6 cm³/mol. The van der Waals surface area contributed by atoms with Gasteiger partial charge in [0.1, 0.15) is 11.3 Å². The molecule has 0 radical (unpaired) electrons. The lowest BCUT2D eigenvalue weighted by Gasteiger charge is -2.04. The Morgan fingerprint density at radius 1 is 1.38 bits per heavy atom. The molecule has 0 bridgehead atoms. The molecule has 1 aliphatic rings. The van der Waals surface area contributed by atoms with E-state index in [0.29, 0.717) is 11.6 Å².